The second-order valence-electron chi connectivity index (χ2n) is 6.68. The van der Waals surface area contributed by atoms with Crippen molar-refractivity contribution in [2.24, 2.45) is 0 Å². The Bertz CT molecular complexity index is 949. The molecule has 1 atom stereocenters. The minimum absolute atomic E-state index is 0.0787. The number of hydrogen-bond donors (Lipinski definition) is 0. The van der Waals surface area contributed by atoms with Crippen LogP contribution in [0.3, 0.4) is 0 Å². The maximum absolute atomic E-state index is 13.1. The summed E-state index contributed by atoms with van der Waals surface area (Å²) in [6, 6.07) is 15.0. The van der Waals surface area contributed by atoms with E-state index in [1.807, 2.05) is 43.3 Å². The molecule has 2 aromatic carbocycles. The number of carbonyl (C=O) groups is 1. The molecule has 4 rings (SSSR count). The Labute approximate surface area is 157 Å². The van der Waals surface area contributed by atoms with E-state index >= 15 is 0 Å². The molecule has 1 fully saturated rings. The van der Waals surface area contributed by atoms with Crippen molar-refractivity contribution in [3.8, 4) is 17.1 Å². The first kappa shape index (κ1) is 17.3. The van der Waals surface area contributed by atoms with Gasteiger partial charge in [0, 0.05) is 12.1 Å². The number of benzene rings is 2. The monoisotopic (exact) mass is 363 g/mol. The predicted molar refractivity (Wildman–Crippen MR) is 100 cm³/mol. The van der Waals surface area contributed by atoms with Crippen molar-refractivity contribution in [1.29, 1.82) is 0 Å². The summed E-state index contributed by atoms with van der Waals surface area (Å²) < 4.78 is 10.9. The third-order valence-electron chi connectivity index (χ3n) is 4.89. The molecule has 0 spiro atoms. The summed E-state index contributed by atoms with van der Waals surface area (Å²) in [5.74, 6) is 1.51. The number of methoxy groups -OCH3 is 1. The number of aryl methyl sites for hydroxylation is 1. The highest BCUT2D eigenvalue weighted by atomic mass is 16.5. The smallest absolute Gasteiger partial charge is 0.258 e. The number of ether oxygens (including phenoxy) is 1. The van der Waals surface area contributed by atoms with Crippen molar-refractivity contribution in [2.45, 2.75) is 25.8 Å². The van der Waals surface area contributed by atoms with Gasteiger partial charge in [-0.25, -0.2) is 0 Å². The number of rotatable bonds is 4. The fourth-order valence-electron chi connectivity index (χ4n) is 3.43. The SMILES string of the molecule is COc1ccccc1C(=O)N1CCC[C@H]1c1nc(-c2ccc(C)cc2)no1. The van der Waals surface area contributed by atoms with Crippen LogP contribution in [0.5, 0.6) is 5.75 Å². The first-order valence-electron chi connectivity index (χ1n) is 9.02. The van der Waals surface area contributed by atoms with E-state index in [2.05, 4.69) is 10.1 Å². The summed E-state index contributed by atoms with van der Waals surface area (Å²) in [6.45, 7) is 2.69. The van der Waals surface area contributed by atoms with Gasteiger partial charge in [-0.15, -0.1) is 0 Å². The van der Waals surface area contributed by atoms with Crippen molar-refractivity contribution < 1.29 is 14.1 Å². The number of aromatic nitrogens is 2. The summed E-state index contributed by atoms with van der Waals surface area (Å²) in [5.41, 5.74) is 2.62. The molecular weight excluding hydrogens is 342 g/mol. The maximum atomic E-state index is 13.1. The normalized spacial score (nSPS) is 16.5. The molecule has 1 aliphatic heterocycles. The molecule has 0 radical (unpaired) electrons. The van der Waals surface area contributed by atoms with Gasteiger partial charge in [0.25, 0.3) is 5.91 Å². The number of hydrogen-bond acceptors (Lipinski definition) is 5. The van der Waals surface area contributed by atoms with Crippen molar-refractivity contribution >= 4 is 5.91 Å². The Morgan fingerprint density at radius 2 is 1.96 bits per heavy atom. The van der Waals surface area contributed by atoms with E-state index in [9.17, 15) is 4.79 Å². The van der Waals surface area contributed by atoms with E-state index < -0.39 is 0 Å². The van der Waals surface area contributed by atoms with Crippen molar-refractivity contribution in [1.82, 2.24) is 15.0 Å². The Morgan fingerprint density at radius 1 is 1.19 bits per heavy atom. The van der Waals surface area contributed by atoms with Crippen LogP contribution in [-0.2, 0) is 0 Å². The standard InChI is InChI=1S/C21H21N3O3/c1-14-9-11-15(12-10-14)19-22-20(27-23-19)17-7-5-13-24(17)21(25)16-6-3-4-8-18(16)26-2/h3-4,6,8-12,17H,5,7,13H2,1-2H3/t17-/m0/s1. The van der Waals surface area contributed by atoms with Crippen molar-refractivity contribution in [2.75, 3.05) is 13.7 Å². The summed E-state index contributed by atoms with van der Waals surface area (Å²) in [7, 11) is 1.57. The van der Waals surface area contributed by atoms with Crippen molar-refractivity contribution in [3.05, 3.63) is 65.5 Å². The average Bonchev–Trinajstić information content (AvgIpc) is 3.37. The van der Waals surface area contributed by atoms with Gasteiger partial charge in [0.15, 0.2) is 0 Å². The van der Waals surface area contributed by atoms with Gasteiger partial charge in [-0.3, -0.25) is 4.79 Å². The molecule has 0 bridgehead atoms. The van der Waals surface area contributed by atoms with Crippen molar-refractivity contribution in [3.63, 3.8) is 0 Å². The average molecular weight is 363 g/mol. The molecule has 0 aliphatic carbocycles. The molecule has 0 saturated carbocycles. The van der Waals surface area contributed by atoms with Gasteiger partial charge in [0.1, 0.15) is 11.8 Å². The molecule has 1 saturated heterocycles. The molecule has 2 heterocycles. The number of para-hydroxylation sites is 1. The predicted octanol–water partition coefficient (Wildman–Crippen LogP) is 4.03. The van der Waals surface area contributed by atoms with Gasteiger partial charge < -0.3 is 14.2 Å². The lowest BCUT2D eigenvalue weighted by Gasteiger charge is -2.22. The third kappa shape index (κ3) is 3.30. The zero-order valence-corrected chi connectivity index (χ0v) is 15.4. The maximum Gasteiger partial charge on any atom is 0.258 e. The first-order chi connectivity index (χ1) is 13.2. The Hall–Kier alpha value is -3.15. The van der Waals surface area contributed by atoms with Gasteiger partial charge in [0.2, 0.25) is 11.7 Å². The summed E-state index contributed by atoms with van der Waals surface area (Å²) in [5, 5.41) is 4.11. The molecule has 0 unspecified atom stereocenters. The second kappa shape index (κ2) is 7.23. The molecule has 0 N–H and O–H groups in total. The highest BCUT2D eigenvalue weighted by Crippen LogP contribution is 2.34. The number of carbonyl (C=O) groups excluding carboxylic acids is 1. The lowest BCUT2D eigenvalue weighted by Crippen LogP contribution is -2.31. The van der Waals surface area contributed by atoms with Gasteiger partial charge in [-0.1, -0.05) is 47.1 Å². The molecule has 27 heavy (non-hydrogen) atoms. The second-order valence-corrected chi connectivity index (χ2v) is 6.68. The fraction of sp³-hybridized carbons (Fsp3) is 0.286. The van der Waals surface area contributed by atoms with Crippen LogP contribution >= 0.6 is 0 Å². The van der Waals surface area contributed by atoms with E-state index in [4.69, 9.17) is 9.26 Å². The zero-order chi connectivity index (χ0) is 18.8. The van der Waals surface area contributed by atoms with Crippen LogP contribution in [0.2, 0.25) is 0 Å². The fourth-order valence-corrected chi connectivity index (χ4v) is 3.43. The van der Waals surface area contributed by atoms with Gasteiger partial charge >= 0.3 is 0 Å². The van der Waals surface area contributed by atoms with Gasteiger partial charge in [-0.05, 0) is 31.9 Å². The molecular formula is C21H21N3O3. The minimum atomic E-state index is -0.214. The summed E-state index contributed by atoms with van der Waals surface area (Å²) in [4.78, 5) is 19.4. The van der Waals surface area contributed by atoms with Crippen LogP contribution in [0.4, 0.5) is 0 Å². The largest absolute Gasteiger partial charge is 0.496 e. The minimum Gasteiger partial charge on any atom is -0.496 e. The number of likely N-dealkylation sites (tertiary alicyclic amines) is 1. The highest BCUT2D eigenvalue weighted by Gasteiger charge is 2.35. The molecule has 1 aliphatic rings. The third-order valence-corrected chi connectivity index (χ3v) is 4.89. The van der Waals surface area contributed by atoms with Crippen LogP contribution in [0.1, 0.15) is 40.7 Å². The van der Waals surface area contributed by atoms with E-state index in [1.54, 1.807) is 24.1 Å². The zero-order valence-electron chi connectivity index (χ0n) is 15.4. The highest BCUT2D eigenvalue weighted by molar-refractivity contribution is 5.97. The van der Waals surface area contributed by atoms with E-state index in [-0.39, 0.29) is 11.9 Å². The van der Waals surface area contributed by atoms with Crippen LogP contribution in [0.25, 0.3) is 11.4 Å². The molecule has 1 amide bonds. The topological polar surface area (TPSA) is 68.5 Å². The molecule has 6 heteroatoms. The Morgan fingerprint density at radius 3 is 2.74 bits per heavy atom. The lowest BCUT2D eigenvalue weighted by molar-refractivity contribution is 0.0706. The molecule has 1 aromatic heterocycles. The molecule has 138 valence electrons. The lowest BCUT2D eigenvalue weighted by atomic mass is 10.1. The van der Waals surface area contributed by atoms with E-state index in [0.717, 1.165) is 18.4 Å². The van der Waals surface area contributed by atoms with Crippen LogP contribution in [0.15, 0.2) is 53.1 Å². The summed E-state index contributed by atoms with van der Waals surface area (Å²) >= 11 is 0. The molecule has 3 aromatic rings. The quantitative estimate of drug-likeness (QED) is 0.700. The van der Waals surface area contributed by atoms with Crippen LogP contribution in [-0.4, -0.2) is 34.6 Å². The van der Waals surface area contributed by atoms with Gasteiger partial charge in [0.05, 0.1) is 12.7 Å². The van der Waals surface area contributed by atoms with Gasteiger partial charge in [-0.2, -0.15) is 4.98 Å². The van der Waals surface area contributed by atoms with E-state index in [1.165, 1.54) is 5.56 Å². The Kier molecular flexibility index (Phi) is 4.62. The van der Waals surface area contributed by atoms with Crippen LogP contribution in [0, 0.1) is 6.92 Å². The van der Waals surface area contributed by atoms with E-state index in [0.29, 0.717) is 29.6 Å². The molecule has 6 nitrogen and oxygen atoms in total. The first-order valence-corrected chi connectivity index (χ1v) is 9.02. The Balaban J connectivity index is 1.60. The number of nitrogens with zero attached hydrogens (tertiary/aromatic N) is 3. The number of amides is 1. The van der Waals surface area contributed by atoms with Crippen LogP contribution < -0.4 is 4.74 Å². The summed E-state index contributed by atoms with van der Waals surface area (Å²) in [6.07, 6.45) is 1.70.